The molecule has 1 fully saturated rings. The van der Waals surface area contributed by atoms with Crippen LogP contribution in [0.1, 0.15) is 19.8 Å². The van der Waals surface area contributed by atoms with E-state index < -0.39 is 0 Å². The van der Waals surface area contributed by atoms with Gasteiger partial charge < -0.3 is 10.1 Å². The van der Waals surface area contributed by atoms with Gasteiger partial charge in [-0.05, 0) is 19.8 Å². The van der Waals surface area contributed by atoms with Crippen LogP contribution in [0.15, 0.2) is 6.07 Å². The van der Waals surface area contributed by atoms with Gasteiger partial charge in [0.2, 0.25) is 0 Å². The second-order valence-corrected chi connectivity index (χ2v) is 4.66. The molecular formula is C10H13Cl2N3O. The fourth-order valence-corrected chi connectivity index (χ4v) is 2.10. The zero-order valence-electron chi connectivity index (χ0n) is 8.91. The Hall–Kier alpha value is -0.580. The molecule has 0 aliphatic carbocycles. The number of nitrogens with one attached hydrogen (secondary N) is 1. The first-order valence-electron chi connectivity index (χ1n) is 5.22. The summed E-state index contributed by atoms with van der Waals surface area (Å²) in [7, 11) is 0. The van der Waals surface area contributed by atoms with Gasteiger partial charge in [0.1, 0.15) is 0 Å². The minimum absolute atomic E-state index is 0.273. The van der Waals surface area contributed by atoms with Crippen LogP contribution in [0.2, 0.25) is 10.3 Å². The highest BCUT2D eigenvalue weighted by Crippen LogP contribution is 2.24. The zero-order chi connectivity index (χ0) is 11.5. The van der Waals surface area contributed by atoms with Gasteiger partial charge in [0.15, 0.2) is 10.3 Å². The molecule has 0 radical (unpaired) electrons. The maximum Gasteiger partial charge on any atom is 0.174 e. The average Bonchev–Trinajstić information content (AvgIpc) is 2.24. The largest absolute Gasteiger partial charge is 0.379 e. The van der Waals surface area contributed by atoms with E-state index in [1.807, 2.05) is 0 Å². The number of hydrogen-bond acceptors (Lipinski definition) is 4. The van der Waals surface area contributed by atoms with Crippen LogP contribution in [-0.4, -0.2) is 29.0 Å². The molecule has 1 aromatic rings. The van der Waals surface area contributed by atoms with E-state index in [2.05, 4.69) is 22.4 Å². The third-order valence-corrected chi connectivity index (χ3v) is 3.03. The first-order valence-corrected chi connectivity index (χ1v) is 5.97. The van der Waals surface area contributed by atoms with Crippen LogP contribution in [0.3, 0.4) is 0 Å². The van der Waals surface area contributed by atoms with E-state index in [1.165, 1.54) is 0 Å². The molecule has 0 aromatic carbocycles. The summed E-state index contributed by atoms with van der Waals surface area (Å²) in [4.78, 5) is 0. The lowest BCUT2D eigenvalue weighted by Gasteiger charge is -2.28. The summed E-state index contributed by atoms with van der Waals surface area (Å²) < 4.78 is 5.47. The van der Waals surface area contributed by atoms with Gasteiger partial charge in [-0.15, -0.1) is 10.2 Å². The SMILES string of the molecule is CC1CC(Nc2cc(Cl)nnc2Cl)CCO1. The molecule has 0 spiro atoms. The Morgan fingerprint density at radius 1 is 1.44 bits per heavy atom. The van der Waals surface area contributed by atoms with Crippen LogP contribution >= 0.6 is 23.2 Å². The molecule has 16 heavy (non-hydrogen) atoms. The van der Waals surface area contributed by atoms with Crippen molar-refractivity contribution in [3.05, 3.63) is 16.4 Å². The molecule has 1 saturated heterocycles. The summed E-state index contributed by atoms with van der Waals surface area (Å²) in [5, 5.41) is 11.4. The second kappa shape index (κ2) is 5.17. The van der Waals surface area contributed by atoms with Crippen LogP contribution in [0.5, 0.6) is 0 Å². The predicted molar refractivity (Wildman–Crippen MR) is 64.1 cm³/mol. The van der Waals surface area contributed by atoms with Crippen LogP contribution in [0.4, 0.5) is 5.69 Å². The summed E-state index contributed by atoms with van der Waals surface area (Å²) in [6.45, 7) is 2.83. The van der Waals surface area contributed by atoms with Crippen LogP contribution in [0, 0.1) is 0 Å². The van der Waals surface area contributed by atoms with Crippen LogP contribution in [0.25, 0.3) is 0 Å². The van der Waals surface area contributed by atoms with E-state index in [-0.39, 0.29) is 6.10 Å². The van der Waals surface area contributed by atoms with Gasteiger partial charge in [-0.25, -0.2) is 0 Å². The van der Waals surface area contributed by atoms with E-state index in [0.29, 0.717) is 16.3 Å². The third kappa shape index (κ3) is 2.97. The minimum Gasteiger partial charge on any atom is -0.379 e. The van der Waals surface area contributed by atoms with Gasteiger partial charge in [-0.1, -0.05) is 23.2 Å². The normalized spacial score (nSPS) is 25.4. The average molecular weight is 262 g/mol. The number of aromatic nitrogens is 2. The van der Waals surface area contributed by atoms with E-state index >= 15 is 0 Å². The molecule has 0 bridgehead atoms. The number of halogens is 2. The molecule has 2 atom stereocenters. The maximum atomic E-state index is 5.93. The summed E-state index contributed by atoms with van der Waals surface area (Å²) in [6, 6.07) is 2.04. The van der Waals surface area contributed by atoms with Gasteiger partial charge in [0.05, 0.1) is 11.8 Å². The highest BCUT2D eigenvalue weighted by Gasteiger charge is 2.20. The Kier molecular flexibility index (Phi) is 3.84. The van der Waals surface area contributed by atoms with Crippen molar-refractivity contribution in [3.8, 4) is 0 Å². The first-order chi connectivity index (χ1) is 7.65. The van der Waals surface area contributed by atoms with Gasteiger partial charge in [-0.2, -0.15) is 0 Å². The Bertz CT molecular complexity index is 375. The lowest BCUT2D eigenvalue weighted by Crippen LogP contribution is -2.32. The highest BCUT2D eigenvalue weighted by atomic mass is 35.5. The Labute approximate surface area is 104 Å². The zero-order valence-corrected chi connectivity index (χ0v) is 10.4. The number of hydrogen-bond donors (Lipinski definition) is 1. The molecular weight excluding hydrogens is 249 g/mol. The summed E-state index contributed by atoms with van der Waals surface area (Å²) in [5.41, 5.74) is 0.737. The highest BCUT2D eigenvalue weighted by molar-refractivity contribution is 6.33. The van der Waals surface area contributed by atoms with Crippen LogP contribution in [-0.2, 0) is 4.74 Å². The number of nitrogens with zero attached hydrogens (tertiary/aromatic N) is 2. The molecule has 1 aliphatic heterocycles. The summed E-state index contributed by atoms with van der Waals surface area (Å²) in [5.74, 6) is 0. The third-order valence-electron chi connectivity index (χ3n) is 2.56. The molecule has 1 aliphatic rings. The number of anilines is 1. The molecule has 1 aromatic heterocycles. The van der Waals surface area contributed by atoms with Crippen LogP contribution < -0.4 is 5.32 Å². The van der Waals surface area contributed by atoms with E-state index in [0.717, 1.165) is 25.1 Å². The predicted octanol–water partition coefficient (Wildman–Crippen LogP) is 2.76. The molecule has 0 saturated carbocycles. The number of ether oxygens (including phenoxy) is 1. The van der Waals surface area contributed by atoms with Crippen molar-refractivity contribution in [1.82, 2.24) is 10.2 Å². The molecule has 2 unspecified atom stereocenters. The van der Waals surface area contributed by atoms with Crippen molar-refractivity contribution in [2.75, 3.05) is 11.9 Å². The topological polar surface area (TPSA) is 47.0 Å². The standard InChI is InChI=1S/C10H13Cl2N3O/c1-6-4-7(2-3-16-6)13-8-5-9(11)14-15-10(8)12/h5-7H,2-4H2,1H3,(H,13,14). The molecule has 0 amide bonds. The number of rotatable bonds is 2. The van der Waals surface area contributed by atoms with E-state index in [9.17, 15) is 0 Å². The van der Waals surface area contributed by atoms with E-state index in [4.69, 9.17) is 27.9 Å². The van der Waals surface area contributed by atoms with Crippen molar-refractivity contribution in [1.29, 1.82) is 0 Å². The maximum absolute atomic E-state index is 5.93. The Morgan fingerprint density at radius 2 is 2.25 bits per heavy atom. The van der Waals surface area contributed by atoms with Gasteiger partial charge >= 0.3 is 0 Å². The molecule has 88 valence electrons. The Balaban J connectivity index is 2.05. The van der Waals surface area contributed by atoms with Crippen molar-refractivity contribution >= 4 is 28.9 Å². The molecule has 2 heterocycles. The minimum atomic E-state index is 0.273. The lowest BCUT2D eigenvalue weighted by atomic mass is 10.0. The fourth-order valence-electron chi connectivity index (χ4n) is 1.80. The fraction of sp³-hybridized carbons (Fsp3) is 0.600. The van der Waals surface area contributed by atoms with Gasteiger partial charge in [0.25, 0.3) is 0 Å². The van der Waals surface area contributed by atoms with Crippen molar-refractivity contribution in [2.45, 2.75) is 31.9 Å². The Morgan fingerprint density at radius 3 is 3.00 bits per heavy atom. The van der Waals surface area contributed by atoms with Crippen molar-refractivity contribution in [2.24, 2.45) is 0 Å². The molecule has 4 nitrogen and oxygen atoms in total. The first kappa shape index (κ1) is 11.9. The second-order valence-electron chi connectivity index (χ2n) is 3.92. The van der Waals surface area contributed by atoms with Crippen molar-refractivity contribution in [3.63, 3.8) is 0 Å². The smallest absolute Gasteiger partial charge is 0.174 e. The summed E-state index contributed by atoms with van der Waals surface area (Å²) in [6.07, 6.45) is 2.19. The molecule has 6 heteroatoms. The lowest BCUT2D eigenvalue weighted by molar-refractivity contribution is 0.0232. The van der Waals surface area contributed by atoms with Gasteiger partial charge in [0, 0.05) is 18.7 Å². The van der Waals surface area contributed by atoms with Gasteiger partial charge in [-0.3, -0.25) is 0 Å². The van der Waals surface area contributed by atoms with E-state index in [1.54, 1.807) is 6.07 Å². The van der Waals surface area contributed by atoms with Crippen molar-refractivity contribution < 1.29 is 4.74 Å². The monoisotopic (exact) mass is 261 g/mol. The molecule has 1 N–H and O–H groups in total. The quantitative estimate of drug-likeness (QED) is 0.890. The summed E-state index contributed by atoms with van der Waals surface area (Å²) >= 11 is 11.7. The molecule has 2 rings (SSSR count).